The molecular weight excluding hydrogens is 315 g/mol. The molecule has 1 aromatic rings. The van der Waals surface area contributed by atoms with Gasteiger partial charge in [-0.15, -0.1) is 8.58 Å². The Hall–Kier alpha value is -0.590. The number of ether oxygens (including phenoxy) is 2. The molecule has 0 radical (unpaired) electrons. The van der Waals surface area contributed by atoms with Crippen molar-refractivity contribution in [2.75, 3.05) is 6.66 Å². The zero-order chi connectivity index (χ0) is 18.5. The van der Waals surface area contributed by atoms with E-state index in [-0.39, 0.29) is 17.8 Å². The minimum absolute atomic E-state index is 0.0670. The smallest absolute Gasteiger partial charge is 0.204 e. The Kier molecular flexibility index (Phi) is 7.75. The van der Waals surface area contributed by atoms with E-state index in [1.54, 1.807) is 0 Å². The molecule has 0 heterocycles. The first-order valence-electron chi connectivity index (χ1n) is 9.02. The molecule has 0 spiro atoms. The van der Waals surface area contributed by atoms with E-state index in [9.17, 15) is 0 Å². The Morgan fingerprint density at radius 3 is 1.88 bits per heavy atom. The molecule has 3 atom stereocenters. The Balaban J connectivity index is 2.85. The van der Waals surface area contributed by atoms with E-state index in [0.717, 1.165) is 14.3 Å². The van der Waals surface area contributed by atoms with Gasteiger partial charge in [0.05, 0.1) is 6.10 Å². The van der Waals surface area contributed by atoms with Gasteiger partial charge in [0, 0.05) is 11.1 Å². The molecule has 3 unspecified atom stereocenters. The normalized spacial score (nSPS) is 15.9. The Labute approximate surface area is 151 Å². The van der Waals surface area contributed by atoms with Gasteiger partial charge < -0.3 is 9.47 Å². The third-order valence-electron chi connectivity index (χ3n) is 3.79. The lowest BCUT2D eigenvalue weighted by Gasteiger charge is -2.32. The van der Waals surface area contributed by atoms with Crippen molar-refractivity contribution in [2.24, 2.45) is 10.8 Å². The molecule has 0 fully saturated rings. The van der Waals surface area contributed by atoms with Gasteiger partial charge in [-0.3, -0.25) is 0 Å². The summed E-state index contributed by atoms with van der Waals surface area (Å²) in [5, 5.41) is 0. The summed E-state index contributed by atoms with van der Waals surface area (Å²) in [5.74, 6) is 0.883. The first-order chi connectivity index (χ1) is 10.9. The molecule has 0 aromatic heterocycles. The number of hydrogen-bond acceptors (Lipinski definition) is 2. The lowest BCUT2D eigenvalue weighted by Crippen LogP contribution is -2.36. The molecule has 0 aliphatic rings. The number of rotatable bonds is 7. The van der Waals surface area contributed by atoms with Crippen molar-refractivity contribution in [1.29, 1.82) is 0 Å². The predicted molar refractivity (Wildman–Crippen MR) is 108 cm³/mol. The molecule has 0 aliphatic carbocycles. The molecule has 0 amide bonds. The van der Waals surface area contributed by atoms with Gasteiger partial charge in [0.15, 0.2) is 0 Å². The van der Waals surface area contributed by atoms with Gasteiger partial charge in [0.2, 0.25) is 6.29 Å². The summed E-state index contributed by atoms with van der Waals surface area (Å²) in [7, 11) is 0.915. The largest absolute Gasteiger partial charge is 0.464 e. The highest BCUT2D eigenvalue weighted by molar-refractivity contribution is 7.37. The van der Waals surface area contributed by atoms with Gasteiger partial charge in [-0.25, -0.2) is 0 Å². The summed E-state index contributed by atoms with van der Waals surface area (Å²) >= 11 is 0. The Morgan fingerprint density at radius 2 is 1.50 bits per heavy atom. The Bertz CT molecular complexity index is 480. The third kappa shape index (κ3) is 7.53. The van der Waals surface area contributed by atoms with Crippen LogP contribution in [-0.2, 0) is 4.74 Å². The first-order valence-corrected chi connectivity index (χ1v) is 10.6. The fourth-order valence-electron chi connectivity index (χ4n) is 2.56. The molecule has 1 rings (SSSR count). The highest BCUT2D eigenvalue weighted by Gasteiger charge is 2.28. The molecule has 24 heavy (non-hydrogen) atoms. The van der Waals surface area contributed by atoms with Crippen molar-refractivity contribution < 1.29 is 9.47 Å². The highest BCUT2D eigenvalue weighted by atomic mass is 31.1. The quantitative estimate of drug-likeness (QED) is 0.404. The molecular formula is C21H37O2P. The van der Waals surface area contributed by atoms with Gasteiger partial charge in [0.1, 0.15) is 5.75 Å². The lowest BCUT2D eigenvalue weighted by molar-refractivity contribution is -0.162. The van der Waals surface area contributed by atoms with E-state index in [4.69, 9.17) is 9.47 Å². The van der Waals surface area contributed by atoms with E-state index in [1.807, 2.05) is 13.8 Å². The maximum Gasteiger partial charge on any atom is 0.204 e. The second-order valence-corrected chi connectivity index (χ2v) is 10.4. The molecule has 0 bridgehead atoms. The van der Waals surface area contributed by atoms with Gasteiger partial charge in [0.25, 0.3) is 0 Å². The summed E-state index contributed by atoms with van der Waals surface area (Å²) in [6.07, 6.45) is 1.11. The van der Waals surface area contributed by atoms with Crippen LogP contribution in [0.1, 0.15) is 73.0 Å². The van der Waals surface area contributed by atoms with Crippen LogP contribution < -0.4 is 4.74 Å². The molecule has 2 nitrogen and oxygen atoms in total. The van der Waals surface area contributed by atoms with Gasteiger partial charge in [-0.1, -0.05) is 53.7 Å². The molecule has 0 aliphatic heterocycles. The topological polar surface area (TPSA) is 18.5 Å². The highest BCUT2D eigenvalue weighted by Crippen LogP contribution is 2.41. The van der Waals surface area contributed by atoms with E-state index in [2.05, 4.69) is 72.5 Å². The second kappa shape index (κ2) is 8.68. The predicted octanol–water partition coefficient (Wildman–Crippen LogP) is 6.65. The van der Waals surface area contributed by atoms with Crippen LogP contribution in [0.2, 0.25) is 0 Å². The fraction of sp³-hybridized carbons (Fsp3) is 0.714. The van der Waals surface area contributed by atoms with E-state index < -0.39 is 0 Å². The van der Waals surface area contributed by atoms with Crippen LogP contribution in [0.25, 0.3) is 0 Å². The molecule has 1 aromatic carbocycles. The van der Waals surface area contributed by atoms with Crippen LogP contribution >= 0.6 is 8.58 Å². The SMILES string of the molecule is CPC(CC(C)(C)C)c1ccc(OC(OC(C)C)C(C)(C)C)cc1. The van der Waals surface area contributed by atoms with Crippen molar-refractivity contribution in [3.05, 3.63) is 29.8 Å². The van der Waals surface area contributed by atoms with E-state index in [1.165, 1.54) is 12.0 Å². The molecule has 0 saturated heterocycles. The third-order valence-corrected chi connectivity index (χ3v) is 5.03. The summed E-state index contributed by atoms with van der Waals surface area (Å²) in [4.78, 5) is 0. The van der Waals surface area contributed by atoms with E-state index >= 15 is 0 Å². The average molecular weight is 352 g/mol. The average Bonchev–Trinajstić information content (AvgIpc) is 2.42. The second-order valence-electron chi connectivity index (χ2n) is 9.18. The summed E-state index contributed by atoms with van der Waals surface area (Å²) < 4.78 is 12.1. The van der Waals surface area contributed by atoms with Crippen LogP contribution in [-0.4, -0.2) is 19.1 Å². The van der Waals surface area contributed by atoms with Gasteiger partial charge in [-0.2, -0.15) is 0 Å². The molecule has 138 valence electrons. The lowest BCUT2D eigenvalue weighted by atomic mass is 9.88. The van der Waals surface area contributed by atoms with Gasteiger partial charge >= 0.3 is 0 Å². The van der Waals surface area contributed by atoms with Crippen molar-refractivity contribution in [1.82, 2.24) is 0 Å². The minimum Gasteiger partial charge on any atom is -0.464 e. The zero-order valence-corrected chi connectivity index (χ0v) is 18.1. The van der Waals surface area contributed by atoms with Crippen molar-refractivity contribution >= 4 is 8.58 Å². The molecule has 3 heteroatoms. The number of benzene rings is 1. The Morgan fingerprint density at radius 1 is 0.958 bits per heavy atom. The van der Waals surface area contributed by atoms with Crippen LogP contribution in [0.4, 0.5) is 0 Å². The van der Waals surface area contributed by atoms with Crippen LogP contribution in [0.3, 0.4) is 0 Å². The van der Waals surface area contributed by atoms with Crippen LogP contribution in [0.5, 0.6) is 5.75 Å². The van der Waals surface area contributed by atoms with Crippen molar-refractivity contribution in [2.45, 2.75) is 79.9 Å². The first kappa shape index (κ1) is 21.5. The maximum atomic E-state index is 6.14. The molecule has 0 N–H and O–H groups in total. The maximum absolute atomic E-state index is 6.14. The minimum atomic E-state index is -0.248. The van der Waals surface area contributed by atoms with Gasteiger partial charge in [-0.05, 0) is 50.0 Å². The summed E-state index contributed by atoms with van der Waals surface area (Å²) in [6, 6.07) is 8.62. The summed E-state index contributed by atoms with van der Waals surface area (Å²) in [5.41, 5.74) is 2.33. The van der Waals surface area contributed by atoms with Crippen LogP contribution in [0, 0.1) is 10.8 Å². The summed E-state index contributed by atoms with van der Waals surface area (Å²) in [6.45, 7) is 19.8. The standard InChI is InChI=1S/C21H37O2P/c1-15(2)22-19(21(6,7)8)23-17-12-10-16(11-13-17)18(24-9)14-20(3,4)5/h10-13,15,18-19,24H,14H2,1-9H3. The van der Waals surface area contributed by atoms with Crippen LogP contribution in [0.15, 0.2) is 24.3 Å². The monoisotopic (exact) mass is 352 g/mol. The van der Waals surface area contributed by atoms with Crippen molar-refractivity contribution in [3.8, 4) is 5.75 Å². The van der Waals surface area contributed by atoms with Crippen molar-refractivity contribution in [3.63, 3.8) is 0 Å². The molecule has 0 saturated carbocycles. The zero-order valence-electron chi connectivity index (χ0n) is 17.1. The van der Waals surface area contributed by atoms with E-state index in [0.29, 0.717) is 11.1 Å². The fourth-order valence-corrected chi connectivity index (χ4v) is 3.90. The number of hydrogen-bond donors (Lipinski definition) is 0.